The van der Waals surface area contributed by atoms with Crippen molar-refractivity contribution in [2.24, 2.45) is 5.92 Å². The monoisotopic (exact) mass is 414 g/mol. The van der Waals surface area contributed by atoms with Crippen molar-refractivity contribution in [2.45, 2.75) is 64.5 Å². The number of aromatic nitrogens is 2. The zero-order chi connectivity index (χ0) is 21.5. The summed E-state index contributed by atoms with van der Waals surface area (Å²) in [4.78, 5) is 29.0. The fourth-order valence-corrected chi connectivity index (χ4v) is 3.70. The molecular weight excluding hydrogens is 384 g/mol. The van der Waals surface area contributed by atoms with Crippen molar-refractivity contribution in [1.82, 2.24) is 20.8 Å². The molecule has 1 aromatic heterocycles. The third-order valence-corrected chi connectivity index (χ3v) is 5.22. The maximum absolute atomic E-state index is 12.4. The van der Waals surface area contributed by atoms with E-state index in [2.05, 4.69) is 20.8 Å². The van der Waals surface area contributed by atoms with Crippen LogP contribution < -0.4 is 15.4 Å². The van der Waals surface area contributed by atoms with Crippen LogP contribution in [0.2, 0.25) is 0 Å². The van der Waals surface area contributed by atoms with E-state index in [0.29, 0.717) is 24.6 Å². The highest BCUT2D eigenvalue weighted by Crippen LogP contribution is 2.25. The van der Waals surface area contributed by atoms with Crippen LogP contribution in [-0.4, -0.2) is 41.1 Å². The Labute approximate surface area is 176 Å². The summed E-state index contributed by atoms with van der Waals surface area (Å²) in [5.74, 6) is 1.66. The molecule has 30 heavy (non-hydrogen) atoms. The molecule has 1 aliphatic carbocycles. The summed E-state index contributed by atoms with van der Waals surface area (Å²) < 4.78 is 10.4. The molecule has 2 aromatic rings. The van der Waals surface area contributed by atoms with Gasteiger partial charge in [-0.25, -0.2) is 0 Å². The van der Waals surface area contributed by atoms with Crippen LogP contribution in [0.1, 0.15) is 51.8 Å². The minimum absolute atomic E-state index is 0.0329. The minimum Gasteiger partial charge on any atom is -0.497 e. The second-order valence-corrected chi connectivity index (χ2v) is 8.03. The molecule has 1 fully saturated rings. The highest BCUT2D eigenvalue weighted by atomic mass is 16.5. The molecular formula is C22H30N4O4. The zero-order valence-corrected chi connectivity index (χ0v) is 17.8. The average Bonchev–Trinajstić information content (AvgIpc) is 3.21. The molecule has 0 radical (unpaired) electrons. The van der Waals surface area contributed by atoms with Crippen LogP contribution in [0.3, 0.4) is 0 Å². The molecule has 0 aliphatic heterocycles. The van der Waals surface area contributed by atoms with Gasteiger partial charge in [0.05, 0.1) is 7.11 Å². The number of carbonyl (C=O) groups excluding carboxylic acids is 2. The lowest BCUT2D eigenvalue weighted by atomic mass is 9.85. The van der Waals surface area contributed by atoms with E-state index in [4.69, 9.17) is 9.26 Å². The van der Waals surface area contributed by atoms with Gasteiger partial charge in [-0.15, -0.1) is 0 Å². The van der Waals surface area contributed by atoms with Crippen molar-refractivity contribution in [3.05, 3.63) is 30.2 Å². The Balaban J connectivity index is 1.46. The van der Waals surface area contributed by atoms with E-state index in [1.165, 1.54) is 0 Å². The van der Waals surface area contributed by atoms with Gasteiger partial charge in [-0.05, 0) is 57.4 Å². The second kappa shape index (κ2) is 10.2. The van der Waals surface area contributed by atoms with Crippen molar-refractivity contribution in [3.8, 4) is 17.1 Å². The zero-order valence-electron chi connectivity index (χ0n) is 17.8. The number of aryl methyl sites for hydroxylation is 1. The van der Waals surface area contributed by atoms with Crippen LogP contribution in [0.4, 0.5) is 0 Å². The first-order chi connectivity index (χ1) is 14.4. The number of methoxy groups -OCH3 is 1. The number of ether oxygens (including phenoxy) is 1. The first-order valence-electron chi connectivity index (χ1n) is 10.5. The number of carbonyl (C=O) groups is 2. The van der Waals surface area contributed by atoms with Gasteiger partial charge in [0, 0.05) is 36.4 Å². The van der Waals surface area contributed by atoms with Crippen molar-refractivity contribution >= 4 is 11.8 Å². The van der Waals surface area contributed by atoms with E-state index < -0.39 is 0 Å². The van der Waals surface area contributed by atoms with Crippen LogP contribution in [0.15, 0.2) is 28.8 Å². The number of amides is 2. The molecule has 0 saturated heterocycles. The summed E-state index contributed by atoms with van der Waals surface area (Å²) in [7, 11) is 1.61. The summed E-state index contributed by atoms with van der Waals surface area (Å²) in [6.07, 6.45) is 4.05. The number of benzene rings is 1. The van der Waals surface area contributed by atoms with E-state index in [1.54, 1.807) is 7.11 Å². The lowest BCUT2D eigenvalue weighted by Gasteiger charge is -2.29. The van der Waals surface area contributed by atoms with E-state index in [-0.39, 0.29) is 36.2 Å². The first-order valence-corrected chi connectivity index (χ1v) is 10.5. The molecule has 0 spiro atoms. The Morgan fingerprint density at radius 2 is 2.00 bits per heavy atom. The number of hydrogen-bond donors (Lipinski definition) is 2. The summed E-state index contributed by atoms with van der Waals surface area (Å²) in [6, 6.07) is 7.54. The Hall–Kier alpha value is -2.90. The van der Waals surface area contributed by atoms with Gasteiger partial charge in [-0.1, -0.05) is 11.6 Å². The third kappa shape index (κ3) is 6.05. The summed E-state index contributed by atoms with van der Waals surface area (Å²) >= 11 is 0. The maximum atomic E-state index is 12.4. The van der Waals surface area contributed by atoms with E-state index in [9.17, 15) is 9.59 Å². The highest BCUT2D eigenvalue weighted by Gasteiger charge is 2.28. The van der Waals surface area contributed by atoms with E-state index in [0.717, 1.165) is 30.6 Å². The molecule has 8 nitrogen and oxygen atoms in total. The molecule has 2 unspecified atom stereocenters. The van der Waals surface area contributed by atoms with Crippen molar-refractivity contribution < 1.29 is 18.8 Å². The molecule has 1 saturated carbocycles. The van der Waals surface area contributed by atoms with Crippen LogP contribution in [0.25, 0.3) is 11.4 Å². The van der Waals surface area contributed by atoms with E-state index >= 15 is 0 Å². The predicted octanol–water partition coefficient (Wildman–Crippen LogP) is 2.88. The van der Waals surface area contributed by atoms with Gasteiger partial charge in [0.2, 0.25) is 23.5 Å². The van der Waals surface area contributed by atoms with Crippen molar-refractivity contribution in [1.29, 1.82) is 0 Å². The second-order valence-electron chi connectivity index (χ2n) is 8.03. The maximum Gasteiger partial charge on any atom is 0.227 e. The average molecular weight is 415 g/mol. The summed E-state index contributed by atoms with van der Waals surface area (Å²) in [6.45, 7) is 3.91. The molecule has 2 amide bonds. The lowest BCUT2D eigenvalue weighted by molar-refractivity contribution is -0.128. The third-order valence-electron chi connectivity index (χ3n) is 5.22. The molecule has 1 aliphatic rings. The van der Waals surface area contributed by atoms with Crippen LogP contribution >= 0.6 is 0 Å². The van der Waals surface area contributed by atoms with Gasteiger partial charge >= 0.3 is 0 Å². The molecule has 8 heteroatoms. The number of nitrogens with one attached hydrogen (secondary N) is 2. The van der Waals surface area contributed by atoms with Gasteiger partial charge in [-0.2, -0.15) is 4.98 Å². The van der Waals surface area contributed by atoms with Crippen molar-refractivity contribution in [2.75, 3.05) is 7.11 Å². The quantitative estimate of drug-likeness (QED) is 0.688. The molecule has 162 valence electrons. The Kier molecular flexibility index (Phi) is 7.43. The Morgan fingerprint density at radius 3 is 2.70 bits per heavy atom. The molecule has 1 heterocycles. The van der Waals surface area contributed by atoms with Crippen LogP contribution in [0, 0.1) is 5.92 Å². The smallest absolute Gasteiger partial charge is 0.227 e. The number of nitrogens with zero attached hydrogens (tertiary/aromatic N) is 2. The molecule has 3 rings (SSSR count). The normalized spacial score (nSPS) is 18.8. The lowest BCUT2D eigenvalue weighted by Crippen LogP contribution is -2.43. The first kappa shape index (κ1) is 21.8. The highest BCUT2D eigenvalue weighted by molar-refractivity contribution is 5.79. The number of rotatable bonds is 8. The minimum atomic E-state index is -0.0610. The van der Waals surface area contributed by atoms with Gasteiger partial charge in [-0.3, -0.25) is 9.59 Å². The van der Waals surface area contributed by atoms with Gasteiger partial charge in [0.15, 0.2) is 0 Å². The molecule has 2 N–H and O–H groups in total. The predicted molar refractivity (Wildman–Crippen MR) is 112 cm³/mol. The van der Waals surface area contributed by atoms with Gasteiger partial charge < -0.3 is 19.9 Å². The molecule has 0 bridgehead atoms. The SMILES string of the molecule is COc1ccc(-c2noc(CCC(=O)NC3CCCC(C(=O)NC(C)C)C3)n2)cc1. The Bertz CT molecular complexity index is 847. The topological polar surface area (TPSA) is 106 Å². The number of hydrogen-bond acceptors (Lipinski definition) is 6. The molecule has 2 atom stereocenters. The largest absolute Gasteiger partial charge is 0.497 e. The van der Waals surface area contributed by atoms with E-state index in [1.807, 2.05) is 38.1 Å². The van der Waals surface area contributed by atoms with Crippen LogP contribution in [-0.2, 0) is 16.0 Å². The van der Waals surface area contributed by atoms with Gasteiger partial charge in [0.1, 0.15) is 5.75 Å². The van der Waals surface area contributed by atoms with Crippen LogP contribution in [0.5, 0.6) is 5.75 Å². The fraction of sp³-hybridized carbons (Fsp3) is 0.545. The Morgan fingerprint density at radius 1 is 1.23 bits per heavy atom. The summed E-state index contributed by atoms with van der Waals surface area (Å²) in [5, 5.41) is 10.0. The standard InChI is InChI=1S/C22H30N4O4/c1-14(2)23-22(28)16-5-4-6-17(13-16)24-19(27)11-12-20-25-21(26-30-20)15-7-9-18(29-3)10-8-15/h7-10,14,16-17H,4-6,11-13H2,1-3H3,(H,23,28)(H,24,27). The van der Waals surface area contributed by atoms with Gasteiger partial charge in [0.25, 0.3) is 0 Å². The van der Waals surface area contributed by atoms with Crippen molar-refractivity contribution in [3.63, 3.8) is 0 Å². The fourth-order valence-electron chi connectivity index (χ4n) is 3.70. The molecule has 1 aromatic carbocycles. The summed E-state index contributed by atoms with van der Waals surface area (Å²) in [5.41, 5.74) is 0.822.